The van der Waals surface area contributed by atoms with Crippen LogP contribution in [-0.2, 0) is 4.74 Å². The van der Waals surface area contributed by atoms with Crippen LogP contribution in [0.4, 0.5) is 0 Å². The van der Waals surface area contributed by atoms with Crippen LogP contribution >= 0.6 is 22.9 Å². The lowest BCUT2D eigenvalue weighted by Crippen LogP contribution is -2.31. The highest BCUT2D eigenvalue weighted by Crippen LogP contribution is 2.27. The van der Waals surface area contributed by atoms with E-state index < -0.39 is 0 Å². The van der Waals surface area contributed by atoms with Crippen LogP contribution in [0.3, 0.4) is 0 Å². The minimum atomic E-state index is -0.117. The van der Waals surface area contributed by atoms with Crippen molar-refractivity contribution in [2.75, 3.05) is 13.2 Å². The second-order valence-electron chi connectivity index (χ2n) is 4.27. The van der Waals surface area contributed by atoms with Crippen LogP contribution in [0.5, 0.6) is 0 Å². The number of rotatable bonds is 4. The van der Waals surface area contributed by atoms with Gasteiger partial charge in [0.1, 0.15) is 10.6 Å². The molecule has 1 aliphatic heterocycles. The van der Waals surface area contributed by atoms with Crippen molar-refractivity contribution in [3.8, 4) is 10.6 Å². The van der Waals surface area contributed by atoms with E-state index in [2.05, 4.69) is 14.9 Å². The molecule has 0 bridgehead atoms. The monoisotopic (exact) mass is 295 g/mol. The molecule has 1 aliphatic rings. The third kappa shape index (κ3) is 2.83. The average Bonchev–Trinajstić information content (AvgIpc) is 3.14. The van der Waals surface area contributed by atoms with E-state index in [0.717, 1.165) is 35.9 Å². The zero-order valence-electron chi connectivity index (χ0n) is 10.2. The summed E-state index contributed by atoms with van der Waals surface area (Å²) < 4.78 is 9.37. The van der Waals surface area contributed by atoms with Crippen LogP contribution in [0.25, 0.3) is 10.6 Å². The summed E-state index contributed by atoms with van der Waals surface area (Å²) in [6, 6.07) is 3.88. The number of hydrogen-bond acceptors (Lipinski definition) is 6. The second-order valence-corrected chi connectivity index (χ2v) is 5.97. The predicted molar refractivity (Wildman–Crippen MR) is 74.5 cm³/mol. The van der Waals surface area contributed by atoms with Gasteiger partial charge in [0, 0.05) is 13.2 Å². The fourth-order valence-corrected chi connectivity index (χ4v) is 3.38. The second kappa shape index (κ2) is 5.77. The van der Waals surface area contributed by atoms with Gasteiger partial charge in [0.25, 0.3) is 5.91 Å². The maximum absolute atomic E-state index is 12.1. The maximum atomic E-state index is 12.1. The van der Waals surface area contributed by atoms with Crippen LogP contribution in [-0.4, -0.2) is 34.7 Å². The number of amides is 1. The summed E-state index contributed by atoms with van der Waals surface area (Å²) in [5.41, 5.74) is 0.671. The minimum absolute atomic E-state index is 0.117. The summed E-state index contributed by atoms with van der Waals surface area (Å²) in [6.45, 7) is 1.35. The van der Waals surface area contributed by atoms with Gasteiger partial charge in [-0.15, -0.1) is 16.4 Å². The Hall–Kier alpha value is -1.31. The first kappa shape index (κ1) is 12.7. The van der Waals surface area contributed by atoms with Crippen molar-refractivity contribution >= 4 is 28.8 Å². The highest BCUT2D eigenvalue weighted by molar-refractivity contribution is 7.14. The molecule has 1 atom stereocenters. The molecule has 2 aromatic rings. The largest absolute Gasteiger partial charge is 0.376 e. The topological polar surface area (TPSA) is 64.1 Å². The van der Waals surface area contributed by atoms with Gasteiger partial charge in [-0.05, 0) is 35.8 Å². The molecule has 19 heavy (non-hydrogen) atoms. The molecule has 0 saturated carbocycles. The Bertz CT molecular complexity index is 547. The van der Waals surface area contributed by atoms with Gasteiger partial charge in [0.15, 0.2) is 0 Å². The van der Waals surface area contributed by atoms with Crippen molar-refractivity contribution in [2.45, 2.75) is 18.9 Å². The molecule has 0 radical (unpaired) electrons. The molecular formula is C12H13N3O2S2. The summed E-state index contributed by atoms with van der Waals surface area (Å²) in [7, 11) is 0. The molecule has 1 amide bonds. The molecule has 0 aliphatic carbocycles. The molecule has 2 aromatic heterocycles. The molecule has 0 aromatic carbocycles. The van der Waals surface area contributed by atoms with E-state index in [1.807, 2.05) is 17.5 Å². The van der Waals surface area contributed by atoms with Crippen molar-refractivity contribution in [3.63, 3.8) is 0 Å². The summed E-state index contributed by atoms with van der Waals surface area (Å²) in [5.74, 6) is -0.117. The molecule has 3 rings (SSSR count). The molecular weight excluding hydrogens is 282 g/mol. The van der Waals surface area contributed by atoms with Gasteiger partial charge < -0.3 is 10.1 Å². The minimum Gasteiger partial charge on any atom is -0.376 e. The van der Waals surface area contributed by atoms with Gasteiger partial charge >= 0.3 is 0 Å². The SMILES string of the molecule is O=C(NC[C@H]1CCCO1)c1snnc1-c1cccs1. The number of carbonyl (C=O) groups excluding carboxylic acids is 1. The molecule has 1 N–H and O–H groups in total. The Morgan fingerprint density at radius 2 is 2.53 bits per heavy atom. The lowest BCUT2D eigenvalue weighted by molar-refractivity contribution is 0.0861. The number of nitrogens with zero attached hydrogens (tertiary/aromatic N) is 2. The van der Waals surface area contributed by atoms with Gasteiger partial charge in [-0.2, -0.15) is 0 Å². The summed E-state index contributed by atoms with van der Waals surface area (Å²) >= 11 is 2.69. The van der Waals surface area contributed by atoms with E-state index in [1.165, 1.54) is 0 Å². The Balaban J connectivity index is 1.68. The molecule has 3 heterocycles. The molecule has 1 saturated heterocycles. The molecule has 0 spiro atoms. The number of thiophene rings is 1. The quantitative estimate of drug-likeness (QED) is 0.939. The number of carbonyl (C=O) groups is 1. The van der Waals surface area contributed by atoms with Gasteiger partial charge in [0.05, 0.1) is 11.0 Å². The van der Waals surface area contributed by atoms with E-state index in [4.69, 9.17) is 4.74 Å². The van der Waals surface area contributed by atoms with Crippen molar-refractivity contribution in [2.24, 2.45) is 0 Å². The Kier molecular flexibility index (Phi) is 3.86. The Labute approximate surface area is 118 Å². The third-order valence-corrected chi connectivity index (χ3v) is 4.56. The maximum Gasteiger partial charge on any atom is 0.265 e. The van der Waals surface area contributed by atoms with Crippen molar-refractivity contribution in [1.82, 2.24) is 14.9 Å². The van der Waals surface area contributed by atoms with Crippen molar-refractivity contribution < 1.29 is 9.53 Å². The Morgan fingerprint density at radius 1 is 1.58 bits per heavy atom. The van der Waals surface area contributed by atoms with Crippen LogP contribution in [0.15, 0.2) is 17.5 Å². The molecule has 1 fully saturated rings. The first-order valence-electron chi connectivity index (χ1n) is 6.10. The van der Waals surface area contributed by atoms with E-state index in [0.29, 0.717) is 17.1 Å². The van der Waals surface area contributed by atoms with E-state index >= 15 is 0 Å². The number of hydrogen-bond donors (Lipinski definition) is 1. The van der Waals surface area contributed by atoms with Crippen LogP contribution in [0.2, 0.25) is 0 Å². The number of nitrogens with one attached hydrogen (secondary N) is 1. The first-order chi connectivity index (χ1) is 9.34. The number of ether oxygens (including phenoxy) is 1. The summed E-state index contributed by atoms with van der Waals surface area (Å²) in [5, 5.41) is 8.91. The van der Waals surface area contributed by atoms with E-state index in [1.54, 1.807) is 11.3 Å². The van der Waals surface area contributed by atoms with Gasteiger partial charge in [-0.3, -0.25) is 4.79 Å². The summed E-state index contributed by atoms with van der Waals surface area (Å²) in [6.07, 6.45) is 2.23. The standard InChI is InChI=1S/C12H13N3O2S2/c16-12(13-7-8-3-1-5-17-8)11-10(14-15-19-11)9-4-2-6-18-9/h2,4,6,8H,1,3,5,7H2,(H,13,16)/t8-/m1/s1. The first-order valence-corrected chi connectivity index (χ1v) is 7.76. The average molecular weight is 295 g/mol. The zero-order chi connectivity index (χ0) is 13.1. The van der Waals surface area contributed by atoms with Crippen molar-refractivity contribution in [3.05, 3.63) is 22.4 Å². The van der Waals surface area contributed by atoms with E-state index in [-0.39, 0.29) is 12.0 Å². The van der Waals surface area contributed by atoms with Crippen LogP contribution < -0.4 is 5.32 Å². The third-order valence-electron chi connectivity index (χ3n) is 2.96. The van der Waals surface area contributed by atoms with Crippen LogP contribution in [0, 0.1) is 0 Å². The smallest absolute Gasteiger partial charge is 0.265 e. The predicted octanol–water partition coefficient (Wildman–Crippen LogP) is 2.18. The molecule has 100 valence electrons. The molecule has 7 heteroatoms. The van der Waals surface area contributed by atoms with Crippen molar-refractivity contribution in [1.29, 1.82) is 0 Å². The Morgan fingerprint density at radius 3 is 3.26 bits per heavy atom. The van der Waals surface area contributed by atoms with Gasteiger partial charge in [-0.25, -0.2) is 0 Å². The summed E-state index contributed by atoms with van der Waals surface area (Å²) in [4.78, 5) is 13.7. The zero-order valence-corrected chi connectivity index (χ0v) is 11.8. The van der Waals surface area contributed by atoms with E-state index in [9.17, 15) is 4.79 Å². The van der Waals surface area contributed by atoms with Gasteiger partial charge in [-0.1, -0.05) is 10.6 Å². The normalized spacial score (nSPS) is 18.6. The lowest BCUT2D eigenvalue weighted by Gasteiger charge is -2.09. The highest BCUT2D eigenvalue weighted by Gasteiger charge is 2.21. The molecule has 5 nitrogen and oxygen atoms in total. The lowest BCUT2D eigenvalue weighted by atomic mass is 10.2. The fourth-order valence-electron chi connectivity index (χ4n) is 2.01. The van der Waals surface area contributed by atoms with Crippen LogP contribution in [0.1, 0.15) is 22.5 Å². The fraction of sp³-hybridized carbons (Fsp3) is 0.417. The van der Waals surface area contributed by atoms with Gasteiger partial charge in [0.2, 0.25) is 0 Å². The highest BCUT2D eigenvalue weighted by atomic mass is 32.1. The number of aromatic nitrogens is 2. The molecule has 0 unspecified atom stereocenters.